The Balaban J connectivity index is 2.31. The zero-order chi connectivity index (χ0) is 11.5. The van der Waals surface area contributed by atoms with E-state index in [1.54, 1.807) is 7.05 Å². The minimum absolute atomic E-state index is 0.0234. The van der Waals surface area contributed by atoms with Crippen molar-refractivity contribution in [3.05, 3.63) is 40.9 Å². The van der Waals surface area contributed by atoms with Gasteiger partial charge in [-0.05, 0) is 24.4 Å². The lowest BCUT2D eigenvalue weighted by Crippen LogP contribution is -1.85. The Morgan fingerprint density at radius 3 is 2.62 bits per heavy atom. The highest BCUT2D eigenvalue weighted by atomic mass is 32.1. The van der Waals surface area contributed by atoms with Crippen molar-refractivity contribution in [2.75, 3.05) is 0 Å². The Bertz CT molecular complexity index is 569. The van der Waals surface area contributed by atoms with Crippen LogP contribution in [0, 0.1) is 4.84 Å². The second kappa shape index (κ2) is 4.32. The van der Waals surface area contributed by atoms with Gasteiger partial charge in [-0.1, -0.05) is 18.2 Å². The summed E-state index contributed by atoms with van der Waals surface area (Å²) >= 11 is 4.87. The molecule has 82 valence electrons. The van der Waals surface area contributed by atoms with Gasteiger partial charge in [0.15, 0.2) is 0 Å². The molecule has 0 atom stereocenters. The first-order chi connectivity index (χ1) is 7.68. The molecule has 1 heterocycles. The fourth-order valence-corrected chi connectivity index (χ4v) is 1.37. The zero-order valence-corrected chi connectivity index (χ0v) is 9.44. The molecule has 2 aromatic rings. The summed E-state index contributed by atoms with van der Waals surface area (Å²) in [7, 11) is 1.63. The molecule has 0 saturated heterocycles. The summed E-state index contributed by atoms with van der Waals surface area (Å²) in [5.41, 5.74) is 0.784. The van der Waals surface area contributed by atoms with E-state index in [4.69, 9.17) is 16.6 Å². The number of benzene rings is 1. The van der Waals surface area contributed by atoms with Crippen molar-refractivity contribution in [1.29, 1.82) is 0 Å². The molecule has 2 rings (SSSR count). The molecule has 0 fully saturated rings. The summed E-state index contributed by atoms with van der Waals surface area (Å²) in [5.74, 6) is 0.237. The highest BCUT2D eigenvalue weighted by Crippen LogP contribution is 2.18. The van der Waals surface area contributed by atoms with Crippen molar-refractivity contribution in [3.8, 4) is 5.88 Å². The molecule has 0 aliphatic rings. The van der Waals surface area contributed by atoms with E-state index in [0.717, 1.165) is 5.69 Å². The van der Waals surface area contributed by atoms with E-state index >= 15 is 0 Å². The molecule has 5 heteroatoms. The number of nitrogens with zero attached hydrogens (tertiary/aromatic N) is 2. The molecule has 16 heavy (non-hydrogen) atoms. The normalized spacial score (nSPS) is 11.1. The number of hydrogen-bond donors (Lipinski definition) is 1. The van der Waals surface area contributed by atoms with E-state index in [2.05, 4.69) is 4.99 Å². The third kappa shape index (κ3) is 2.04. The molecule has 0 aliphatic heterocycles. The third-order valence-corrected chi connectivity index (χ3v) is 2.45. The molecule has 0 radical (unpaired) electrons. The summed E-state index contributed by atoms with van der Waals surface area (Å²) in [6.07, 6.45) is 1.44. The molecular formula is C11H10N2O2S. The van der Waals surface area contributed by atoms with Gasteiger partial charge in [-0.3, -0.25) is 9.56 Å². The summed E-state index contributed by atoms with van der Waals surface area (Å²) < 4.78 is 6.52. The van der Waals surface area contributed by atoms with E-state index in [0.29, 0.717) is 0 Å². The average Bonchev–Trinajstić information content (AvgIpc) is 2.56. The van der Waals surface area contributed by atoms with Gasteiger partial charge < -0.3 is 9.52 Å². The van der Waals surface area contributed by atoms with Gasteiger partial charge in [-0.15, -0.1) is 0 Å². The standard InChI is InChI=1S/C11H10N2O2S/c1-13-10(14)9(15-11(13)16)7-12-8-5-3-2-4-6-8/h2-7,14H,1H3. The van der Waals surface area contributed by atoms with Crippen LogP contribution in [0.1, 0.15) is 5.76 Å². The Morgan fingerprint density at radius 1 is 1.38 bits per heavy atom. The molecule has 0 aliphatic carbocycles. The maximum Gasteiger partial charge on any atom is 0.271 e. The summed E-state index contributed by atoms with van der Waals surface area (Å²) in [4.78, 5) is 4.37. The van der Waals surface area contributed by atoms with E-state index in [-0.39, 0.29) is 16.5 Å². The molecular weight excluding hydrogens is 224 g/mol. The first kappa shape index (κ1) is 10.6. The maximum atomic E-state index is 9.61. The Labute approximate surface area is 97.5 Å². The first-order valence-corrected chi connectivity index (χ1v) is 5.07. The number of aliphatic imine (C=N–C) groups is 1. The van der Waals surface area contributed by atoms with Crippen LogP contribution in [0.25, 0.3) is 0 Å². The monoisotopic (exact) mass is 234 g/mol. The summed E-state index contributed by atoms with van der Waals surface area (Å²) in [6.45, 7) is 0. The summed E-state index contributed by atoms with van der Waals surface area (Å²) in [6, 6.07) is 9.38. The van der Waals surface area contributed by atoms with Crippen molar-refractivity contribution in [3.63, 3.8) is 0 Å². The molecule has 0 unspecified atom stereocenters. The summed E-state index contributed by atoms with van der Waals surface area (Å²) in [5, 5.41) is 9.61. The lowest BCUT2D eigenvalue weighted by Gasteiger charge is -1.91. The van der Waals surface area contributed by atoms with Gasteiger partial charge in [0.1, 0.15) is 0 Å². The minimum atomic E-state index is -0.0234. The minimum Gasteiger partial charge on any atom is -0.492 e. The van der Waals surface area contributed by atoms with E-state index in [1.165, 1.54) is 10.8 Å². The van der Waals surface area contributed by atoms with Crippen LogP contribution in [0.4, 0.5) is 5.69 Å². The Hall–Kier alpha value is -1.88. The van der Waals surface area contributed by atoms with Crippen LogP contribution in [0.2, 0.25) is 0 Å². The van der Waals surface area contributed by atoms with Gasteiger partial charge in [0.2, 0.25) is 11.6 Å². The van der Waals surface area contributed by atoms with Gasteiger partial charge in [0.05, 0.1) is 11.9 Å². The van der Waals surface area contributed by atoms with Crippen LogP contribution in [0.5, 0.6) is 5.88 Å². The number of para-hydroxylation sites is 1. The van der Waals surface area contributed by atoms with E-state index < -0.39 is 0 Å². The van der Waals surface area contributed by atoms with Crippen molar-refractivity contribution >= 4 is 24.1 Å². The zero-order valence-electron chi connectivity index (χ0n) is 8.62. The van der Waals surface area contributed by atoms with Crippen LogP contribution in [0.3, 0.4) is 0 Å². The molecule has 0 spiro atoms. The molecule has 1 aromatic carbocycles. The molecule has 1 N–H and O–H groups in total. The van der Waals surface area contributed by atoms with Crippen LogP contribution in [-0.4, -0.2) is 15.9 Å². The molecule has 0 saturated carbocycles. The molecule has 0 amide bonds. The van der Waals surface area contributed by atoms with Crippen molar-refractivity contribution in [2.24, 2.45) is 12.0 Å². The Kier molecular flexibility index (Phi) is 2.87. The fourth-order valence-electron chi connectivity index (χ4n) is 1.19. The van der Waals surface area contributed by atoms with Crippen molar-refractivity contribution in [1.82, 2.24) is 4.57 Å². The molecule has 4 nitrogen and oxygen atoms in total. The SMILES string of the molecule is Cn1c(O)c(C=Nc2ccccc2)oc1=S. The topological polar surface area (TPSA) is 50.7 Å². The van der Waals surface area contributed by atoms with Gasteiger partial charge >= 0.3 is 0 Å². The Morgan fingerprint density at radius 2 is 2.06 bits per heavy atom. The predicted octanol–water partition coefficient (Wildman–Crippen LogP) is 2.80. The van der Waals surface area contributed by atoms with Crippen LogP contribution in [0.15, 0.2) is 39.7 Å². The fraction of sp³-hybridized carbons (Fsp3) is 0.0909. The molecule has 0 bridgehead atoms. The van der Waals surface area contributed by atoms with Gasteiger partial charge in [-0.25, -0.2) is 0 Å². The van der Waals surface area contributed by atoms with E-state index in [1.807, 2.05) is 30.3 Å². The van der Waals surface area contributed by atoms with Gasteiger partial charge in [0.25, 0.3) is 4.84 Å². The average molecular weight is 234 g/mol. The first-order valence-electron chi connectivity index (χ1n) is 4.66. The molecule has 1 aromatic heterocycles. The van der Waals surface area contributed by atoms with Crippen molar-refractivity contribution < 1.29 is 9.52 Å². The number of aromatic hydroxyl groups is 1. The van der Waals surface area contributed by atoms with Crippen LogP contribution in [-0.2, 0) is 7.05 Å². The second-order valence-electron chi connectivity index (χ2n) is 3.21. The van der Waals surface area contributed by atoms with Crippen molar-refractivity contribution in [2.45, 2.75) is 0 Å². The smallest absolute Gasteiger partial charge is 0.271 e. The number of rotatable bonds is 2. The highest BCUT2D eigenvalue weighted by molar-refractivity contribution is 7.71. The van der Waals surface area contributed by atoms with Gasteiger partial charge in [-0.2, -0.15) is 0 Å². The largest absolute Gasteiger partial charge is 0.492 e. The van der Waals surface area contributed by atoms with Crippen LogP contribution < -0.4 is 0 Å². The number of hydrogen-bond acceptors (Lipinski definition) is 4. The lowest BCUT2D eigenvalue weighted by molar-refractivity contribution is 0.428. The maximum absolute atomic E-state index is 9.61. The second-order valence-corrected chi connectivity index (χ2v) is 3.56. The van der Waals surface area contributed by atoms with E-state index in [9.17, 15) is 5.11 Å². The highest BCUT2D eigenvalue weighted by Gasteiger charge is 2.07. The lowest BCUT2D eigenvalue weighted by atomic mass is 10.3. The number of oxazole rings is 1. The van der Waals surface area contributed by atoms with Gasteiger partial charge in [0, 0.05) is 7.05 Å². The quantitative estimate of drug-likeness (QED) is 0.642. The predicted molar refractivity (Wildman–Crippen MR) is 63.9 cm³/mol. The third-order valence-electron chi connectivity index (χ3n) is 2.10. The number of aromatic nitrogens is 1. The van der Waals surface area contributed by atoms with Crippen LogP contribution >= 0.6 is 12.2 Å².